The lowest BCUT2D eigenvalue weighted by Gasteiger charge is -2.40. The summed E-state index contributed by atoms with van der Waals surface area (Å²) in [5.74, 6) is 0.769. The molecule has 3 nitrogen and oxygen atoms in total. The summed E-state index contributed by atoms with van der Waals surface area (Å²) in [7, 11) is 0. The number of rotatable bonds is 4. The zero-order chi connectivity index (χ0) is 13.8. The predicted molar refractivity (Wildman–Crippen MR) is 98.9 cm³/mol. The standard InChI is InChI=1S/C16H26N2OS.2ClH/c1-2-14-3-4-15(20-14)16(13-5-11-19-12-6-13)18-9-7-17-8-10-18;;/h3-4,13,16-17H,2,5-12H2,1H3;2*1H/t16-;;/m1../s1. The average molecular weight is 367 g/mol. The van der Waals surface area contributed by atoms with Gasteiger partial charge >= 0.3 is 0 Å². The second-order valence-corrected chi connectivity index (χ2v) is 7.04. The van der Waals surface area contributed by atoms with Gasteiger partial charge in [0.05, 0.1) is 0 Å². The zero-order valence-electron chi connectivity index (χ0n) is 13.3. The van der Waals surface area contributed by atoms with Gasteiger partial charge in [0.1, 0.15) is 0 Å². The molecule has 1 aromatic rings. The molecule has 2 saturated heterocycles. The predicted octanol–water partition coefficient (Wildman–Crippen LogP) is 3.53. The number of aryl methyl sites for hydroxylation is 1. The maximum absolute atomic E-state index is 5.57. The van der Waals surface area contributed by atoms with E-state index in [0.29, 0.717) is 6.04 Å². The molecule has 2 aliphatic heterocycles. The topological polar surface area (TPSA) is 24.5 Å². The highest BCUT2D eigenvalue weighted by atomic mass is 35.5. The normalized spacial score (nSPS) is 21.7. The molecule has 0 aliphatic carbocycles. The number of nitrogens with one attached hydrogen (secondary N) is 1. The Balaban J connectivity index is 0.00000121. The van der Waals surface area contributed by atoms with Crippen LogP contribution in [-0.4, -0.2) is 44.3 Å². The van der Waals surface area contributed by atoms with Crippen LogP contribution in [0, 0.1) is 5.92 Å². The first-order valence-electron chi connectivity index (χ1n) is 7.99. The van der Waals surface area contributed by atoms with Crippen LogP contribution in [0.15, 0.2) is 12.1 Å². The largest absolute Gasteiger partial charge is 0.381 e. The molecule has 2 fully saturated rings. The van der Waals surface area contributed by atoms with Crippen molar-refractivity contribution in [3.05, 3.63) is 21.9 Å². The van der Waals surface area contributed by atoms with Gasteiger partial charge in [-0.1, -0.05) is 6.92 Å². The SMILES string of the molecule is CCc1ccc([C@@H](C2CCOCC2)N2CCNCC2)s1.Cl.Cl. The molecule has 0 amide bonds. The lowest BCUT2D eigenvalue weighted by atomic mass is 9.89. The number of piperazine rings is 1. The first-order chi connectivity index (χ1) is 9.88. The van der Waals surface area contributed by atoms with E-state index in [1.807, 2.05) is 11.3 Å². The molecule has 1 N–H and O–H groups in total. The highest BCUT2D eigenvalue weighted by Crippen LogP contribution is 2.38. The van der Waals surface area contributed by atoms with Gasteiger partial charge in [-0.05, 0) is 37.3 Å². The van der Waals surface area contributed by atoms with Gasteiger partial charge in [-0.15, -0.1) is 36.2 Å². The second kappa shape index (κ2) is 10.1. The molecule has 2 aliphatic rings. The fourth-order valence-corrected chi connectivity index (χ4v) is 4.63. The van der Waals surface area contributed by atoms with Gasteiger partial charge in [0, 0.05) is 55.2 Å². The van der Waals surface area contributed by atoms with E-state index >= 15 is 0 Å². The monoisotopic (exact) mass is 366 g/mol. The van der Waals surface area contributed by atoms with Crippen molar-refractivity contribution in [1.82, 2.24) is 10.2 Å². The van der Waals surface area contributed by atoms with Gasteiger partial charge in [0.15, 0.2) is 0 Å². The molecule has 0 spiro atoms. The lowest BCUT2D eigenvalue weighted by molar-refractivity contribution is 0.0223. The van der Waals surface area contributed by atoms with Crippen LogP contribution < -0.4 is 5.32 Å². The minimum atomic E-state index is 0. The third kappa shape index (κ3) is 4.83. The molecule has 22 heavy (non-hydrogen) atoms. The van der Waals surface area contributed by atoms with Crippen molar-refractivity contribution in [2.24, 2.45) is 5.92 Å². The minimum Gasteiger partial charge on any atom is -0.381 e. The van der Waals surface area contributed by atoms with Crippen molar-refractivity contribution in [3.8, 4) is 0 Å². The number of halogens is 2. The van der Waals surface area contributed by atoms with E-state index in [1.54, 1.807) is 4.88 Å². The van der Waals surface area contributed by atoms with Gasteiger partial charge in [-0.2, -0.15) is 0 Å². The molecular weight excluding hydrogens is 339 g/mol. The number of ether oxygens (including phenoxy) is 1. The summed E-state index contributed by atoms with van der Waals surface area (Å²) in [5.41, 5.74) is 0. The summed E-state index contributed by atoms with van der Waals surface area (Å²) in [4.78, 5) is 5.81. The van der Waals surface area contributed by atoms with Crippen molar-refractivity contribution in [2.45, 2.75) is 32.2 Å². The van der Waals surface area contributed by atoms with Crippen LogP contribution in [0.3, 0.4) is 0 Å². The fourth-order valence-electron chi connectivity index (χ4n) is 3.45. The van der Waals surface area contributed by atoms with Gasteiger partial charge in [-0.3, -0.25) is 4.90 Å². The summed E-state index contributed by atoms with van der Waals surface area (Å²) < 4.78 is 5.57. The zero-order valence-corrected chi connectivity index (χ0v) is 15.7. The quantitative estimate of drug-likeness (QED) is 0.881. The van der Waals surface area contributed by atoms with Crippen LogP contribution in [0.25, 0.3) is 0 Å². The molecule has 0 radical (unpaired) electrons. The molecule has 1 atom stereocenters. The van der Waals surface area contributed by atoms with E-state index in [2.05, 4.69) is 29.3 Å². The Kier molecular flexibility index (Phi) is 9.29. The molecular formula is C16H28Cl2N2OS. The molecule has 3 heterocycles. The summed E-state index contributed by atoms with van der Waals surface area (Å²) in [6, 6.07) is 5.33. The summed E-state index contributed by atoms with van der Waals surface area (Å²) in [6.45, 7) is 8.77. The van der Waals surface area contributed by atoms with Gasteiger partial charge in [-0.25, -0.2) is 0 Å². The van der Waals surface area contributed by atoms with E-state index in [-0.39, 0.29) is 24.8 Å². The molecule has 0 saturated carbocycles. The number of thiophene rings is 1. The van der Waals surface area contributed by atoms with Crippen LogP contribution in [0.1, 0.15) is 35.6 Å². The first-order valence-corrected chi connectivity index (χ1v) is 8.81. The smallest absolute Gasteiger partial charge is 0.0472 e. The summed E-state index contributed by atoms with van der Waals surface area (Å²) >= 11 is 2.03. The van der Waals surface area contributed by atoms with E-state index in [1.165, 1.54) is 30.8 Å². The Morgan fingerprint density at radius 2 is 1.91 bits per heavy atom. The van der Waals surface area contributed by atoms with Crippen LogP contribution in [0.4, 0.5) is 0 Å². The highest BCUT2D eigenvalue weighted by molar-refractivity contribution is 7.12. The van der Waals surface area contributed by atoms with Crippen molar-refractivity contribution in [1.29, 1.82) is 0 Å². The third-order valence-electron chi connectivity index (χ3n) is 4.58. The highest BCUT2D eigenvalue weighted by Gasteiger charge is 2.32. The Morgan fingerprint density at radius 3 is 2.50 bits per heavy atom. The average Bonchev–Trinajstić information content (AvgIpc) is 2.98. The molecule has 1 aromatic heterocycles. The number of hydrogen-bond acceptors (Lipinski definition) is 4. The Labute approximate surface area is 150 Å². The van der Waals surface area contributed by atoms with E-state index in [9.17, 15) is 0 Å². The molecule has 3 rings (SSSR count). The Morgan fingerprint density at radius 1 is 1.23 bits per heavy atom. The maximum Gasteiger partial charge on any atom is 0.0472 e. The maximum atomic E-state index is 5.57. The van der Waals surface area contributed by atoms with Crippen LogP contribution in [-0.2, 0) is 11.2 Å². The third-order valence-corrected chi connectivity index (χ3v) is 5.88. The minimum absolute atomic E-state index is 0. The van der Waals surface area contributed by atoms with E-state index < -0.39 is 0 Å². The second-order valence-electron chi connectivity index (χ2n) is 5.84. The summed E-state index contributed by atoms with van der Waals surface area (Å²) in [6.07, 6.45) is 3.59. The molecule has 0 unspecified atom stereocenters. The van der Waals surface area contributed by atoms with Crippen LogP contribution in [0.2, 0.25) is 0 Å². The first kappa shape index (κ1) is 20.2. The fraction of sp³-hybridized carbons (Fsp3) is 0.750. The number of hydrogen-bond donors (Lipinski definition) is 1. The van der Waals surface area contributed by atoms with Crippen LogP contribution >= 0.6 is 36.2 Å². The molecule has 6 heteroatoms. The Hall–Kier alpha value is 0.160. The summed E-state index contributed by atoms with van der Waals surface area (Å²) in [5, 5.41) is 3.48. The van der Waals surface area contributed by atoms with Crippen molar-refractivity contribution in [2.75, 3.05) is 39.4 Å². The van der Waals surface area contributed by atoms with Crippen LogP contribution in [0.5, 0.6) is 0 Å². The number of nitrogens with zero attached hydrogens (tertiary/aromatic N) is 1. The van der Waals surface area contributed by atoms with Crippen molar-refractivity contribution >= 4 is 36.2 Å². The van der Waals surface area contributed by atoms with Crippen molar-refractivity contribution in [3.63, 3.8) is 0 Å². The van der Waals surface area contributed by atoms with E-state index in [4.69, 9.17) is 4.74 Å². The molecule has 0 aromatic carbocycles. The Bertz CT molecular complexity index is 400. The van der Waals surface area contributed by atoms with Gasteiger partial charge in [0.2, 0.25) is 0 Å². The van der Waals surface area contributed by atoms with E-state index in [0.717, 1.165) is 38.6 Å². The molecule has 128 valence electrons. The van der Waals surface area contributed by atoms with Gasteiger partial charge < -0.3 is 10.1 Å². The lowest BCUT2D eigenvalue weighted by Crippen LogP contribution is -2.47. The van der Waals surface area contributed by atoms with Crippen molar-refractivity contribution < 1.29 is 4.74 Å². The molecule has 0 bridgehead atoms. The van der Waals surface area contributed by atoms with Gasteiger partial charge in [0.25, 0.3) is 0 Å².